The van der Waals surface area contributed by atoms with Crippen molar-refractivity contribution in [3.8, 4) is 5.75 Å². The molecule has 1 saturated heterocycles. The van der Waals surface area contributed by atoms with Crippen molar-refractivity contribution in [3.63, 3.8) is 0 Å². The van der Waals surface area contributed by atoms with Crippen molar-refractivity contribution in [2.24, 2.45) is 5.92 Å². The van der Waals surface area contributed by atoms with E-state index < -0.39 is 24.0 Å². The first-order chi connectivity index (χ1) is 10.9. The lowest BCUT2D eigenvalue weighted by Gasteiger charge is -2.34. The Morgan fingerprint density at radius 2 is 2.04 bits per heavy atom. The maximum atomic E-state index is 12.3. The van der Waals surface area contributed by atoms with Gasteiger partial charge in [-0.15, -0.1) is 0 Å². The minimum Gasteiger partial charge on any atom is -0.491 e. The van der Waals surface area contributed by atoms with Crippen LogP contribution in [0.1, 0.15) is 32.4 Å². The Hall–Kier alpha value is -2.50. The molecule has 0 bridgehead atoms. The first kappa shape index (κ1) is 16.9. The average Bonchev–Trinajstić information content (AvgIpc) is 2.46. The molecule has 1 aromatic carbocycles. The van der Waals surface area contributed by atoms with Crippen LogP contribution in [0.3, 0.4) is 0 Å². The van der Waals surface area contributed by atoms with E-state index in [0.717, 1.165) is 5.56 Å². The number of hydrogen-bond acceptors (Lipinski definition) is 4. The Kier molecular flexibility index (Phi) is 5.26. The molecule has 1 heterocycles. The predicted molar refractivity (Wildman–Crippen MR) is 85.9 cm³/mol. The third kappa shape index (κ3) is 3.83. The van der Waals surface area contributed by atoms with Crippen molar-refractivity contribution in [2.45, 2.75) is 32.9 Å². The van der Waals surface area contributed by atoms with Gasteiger partial charge in [-0.1, -0.05) is 24.8 Å². The number of benzene rings is 1. The Balaban J connectivity index is 2.42. The number of para-hydroxylation sites is 1. The molecule has 1 aliphatic rings. The lowest BCUT2D eigenvalue weighted by atomic mass is 9.88. The standard InChI is InChI=1S/C17H22N2O4/c1-5-22-16(20)14-11(4)18-17(21)19-15(14)12-8-6-7-9-13(12)23-10(2)3/h6-10,14-15H,4-5H2,1-3H3,(H2,18,19,21). The summed E-state index contributed by atoms with van der Waals surface area (Å²) in [5.74, 6) is -0.532. The van der Waals surface area contributed by atoms with Gasteiger partial charge in [-0.05, 0) is 26.8 Å². The first-order valence-electron chi connectivity index (χ1n) is 7.62. The largest absolute Gasteiger partial charge is 0.491 e. The van der Waals surface area contributed by atoms with Crippen LogP contribution in [0.5, 0.6) is 5.75 Å². The molecule has 6 heteroatoms. The van der Waals surface area contributed by atoms with Gasteiger partial charge in [0.25, 0.3) is 0 Å². The van der Waals surface area contributed by atoms with E-state index in [0.29, 0.717) is 11.4 Å². The molecule has 1 fully saturated rings. The van der Waals surface area contributed by atoms with Gasteiger partial charge in [0.05, 0.1) is 18.8 Å². The van der Waals surface area contributed by atoms with Gasteiger partial charge in [-0.3, -0.25) is 4.79 Å². The van der Waals surface area contributed by atoms with Gasteiger partial charge in [0.15, 0.2) is 0 Å². The first-order valence-corrected chi connectivity index (χ1v) is 7.62. The van der Waals surface area contributed by atoms with Gasteiger partial charge in [-0.25, -0.2) is 4.79 Å². The summed E-state index contributed by atoms with van der Waals surface area (Å²) in [4.78, 5) is 24.2. The maximum Gasteiger partial charge on any atom is 0.319 e. The van der Waals surface area contributed by atoms with E-state index in [9.17, 15) is 9.59 Å². The molecule has 2 amide bonds. The molecule has 23 heavy (non-hydrogen) atoms. The number of esters is 1. The highest BCUT2D eigenvalue weighted by Gasteiger charge is 2.40. The van der Waals surface area contributed by atoms with Crippen LogP contribution >= 0.6 is 0 Å². The van der Waals surface area contributed by atoms with Crippen LogP contribution in [0.4, 0.5) is 4.79 Å². The summed E-state index contributed by atoms with van der Waals surface area (Å²) < 4.78 is 10.9. The summed E-state index contributed by atoms with van der Waals surface area (Å²) in [7, 11) is 0. The molecule has 0 radical (unpaired) electrons. The summed E-state index contributed by atoms with van der Waals surface area (Å²) in [6.07, 6.45) is -0.0298. The number of urea groups is 1. The van der Waals surface area contributed by atoms with Gasteiger partial charge in [0.2, 0.25) is 0 Å². The van der Waals surface area contributed by atoms with Crippen LogP contribution < -0.4 is 15.4 Å². The Labute approximate surface area is 135 Å². The van der Waals surface area contributed by atoms with Gasteiger partial charge < -0.3 is 20.1 Å². The van der Waals surface area contributed by atoms with Crippen LogP contribution in [0.15, 0.2) is 36.5 Å². The van der Waals surface area contributed by atoms with Crippen molar-refractivity contribution < 1.29 is 19.1 Å². The molecule has 2 rings (SSSR count). The number of hydrogen-bond donors (Lipinski definition) is 2. The second-order valence-corrected chi connectivity index (χ2v) is 5.54. The lowest BCUT2D eigenvalue weighted by Crippen LogP contribution is -2.51. The molecule has 0 spiro atoms. The number of ether oxygens (including phenoxy) is 2. The molecule has 2 unspecified atom stereocenters. The minimum atomic E-state index is -0.718. The molecule has 1 aliphatic heterocycles. The van der Waals surface area contributed by atoms with E-state index in [2.05, 4.69) is 17.2 Å². The van der Waals surface area contributed by atoms with Crippen molar-refractivity contribution in [2.75, 3.05) is 6.61 Å². The number of carbonyl (C=O) groups is 2. The molecule has 6 nitrogen and oxygen atoms in total. The number of carbonyl (C=O) groups excluding carboxylic acids is 2. The summed E-state index contributed by atoms with van der Waals surface area (Å²) in [6.45, 7) is 9.63. The van der Waals surface area contributed by atoms with Crippen molar-refractivity contribution >= 4 is 12.0 Å². The van der Waals surface area contributed by atoms with E-state index in [1.54, 1.807) is 6.92 Å². The van der Waals surface area contributed by atoms with Crippen LogP contribution in [-0.4, -0.2) is 24.7 Å². The maximum absolute atomic E-state index is 12.3. The third-order valence-electron chi connectivity index (χ3n) is 3.43. The normalized spacial score (nSPS) is 20.7. The zero-order valence-electron chi connectivity index (χ0n) is 13.6. The minimum absolute atomic E-state index is 0.0298. The summed E-state index contributed by atoms with van der Waals surface area (Å²) in [5.41, 5.74) is 1.03. The fourth-order valence-corrected chi connectivity index (χ4v) is 2.55. The lowest BCUT2D eigenvalue weighted by molar-refractivity contribution is -0.147. The highest BCUT2D eigenvalue weighted by Crippen LogP contribution is 2.35. The smallest absolute Gasteiger partial charge is 0.319 e. The molecule has 2 N–H and O–H groups in total. The Bertz CT molecular complexity index is 612. The van der Waals surface area contributed by atoms with Gasteiger partial charge in [0, 0.05) is 11.3 Å². The molecule has 0 saturated carbocycles. The molecular weight excluding hydrogens is 296 g/mol. The van der Waals surface area contributed by atoms with E-state index in [-0.39, 0.29) is 12.7 Å². The van der Waals surface area contributed by atoms with Crippen LogP contribution in [0.25, 0.3) is 0 Å². The Morgan fingerprint density at radius 3 is 2.70 bits per heavy atom. The molecule has 0 aromatic heterocycles. The highest BCUT2D eigenvalue weighted by molar-refractivity contribution is 5.85. The van der Waals surface area contributed by atoms with Crippen LogP contribution in [-0.2, 0) is 9.53 Å². The fraction of sp³-hybridized carbons (Fsp3) is 0.412. The number of nitrogens with one attached hydrogen (secondary N) is 2. The van der Waals surface area contributed by atoms with Crippen LogP contribution in [0, 0.1) is 5.92 Å². The zero-order chi connectivity index (χ0) is 17.0. The quantitative estimate of drug-likeness (QED) is 0.818. The third-order valence-corrected chi connectivity index (χ3v) is 3.43. The fourth-order valence-electron chi connectivity index (χ4n) is 2.55. The molecule has 124 valence electrons. The van der Waals surface area contributed by atoms with Crippen molar-refractivity contribution in [1.82, 2.24) is 10.6 Å². The summed E-state index contributed by atoms with van der Waals surface area (Å²) in [6, 6.07) is 6.33. The van der Waals surface area contributed by atoms with Crippen molar-refractivity contribution in [3.05, 3.63) is 42.1 Å². The van der Waals surface area contributed by atoms with E-state index in [4.69, 9.17) is 9.47 Å². The number of rotatable bonds is 5. The zero-order valence-corrected chi connectivity index (χ0v) is 13.6. The molecule has 2 atom stereocenters. The number of amides is 2. The Morgan fingerprint density at radius 1 is 1.35 bits per heavy atom. The monoisotopic (exact) mass is 318 g/mol. The van der Waals surface area contributed by atoms with Gasteiger partial charge in [-0.2, -0.15) is 0 Å². The summed E-state index contributed by atoms with van der Waals surface area (Å²) in [5, 5.41) is 5.32. The highest BCUT2D eigenvalue weighted by atomic mass is 16.5. The molecule has 1 aromatic rings. The predicted octanol–water partition coefficient (Wildman–Crippen LogP) is 2.52. The van der Waals surface area contributed by atoms with Crippen molar-refractivity contribution in [1.29, 1.82) is 0 Å². The molecular formula is C17H22N2O4. The van der Waals surface area contributed by atoms with Crippen LogP contribution in [0.2, 0.25) is 0 Å². The SMILES string of the molecule is C=C1NC(=O)NC(c2ccccc2OC(C)C)C1C(=O)OCC. The second kappa shape index (κ2) is 7.17. The van der Waals surface area contributed by atoms with E-state index in [1.165, 1.54) is 0 Å². The molecule has 0 aliphatic carbocycles. The average molecular weight is 318 g/mol. The topological polar surface area (TPSA) is 76.7 Å². The van der Waals surface area contributed by atoms with E-state index in [1.807, 2.05) is 38.1 Å². The second-order valence-electron chi connectivity index (χ2n) is 5.54. The van der Waals surface area contributed by atoms with Gasteiger partial charge >= 0.3 is 12.0 Å². The van der Waals surface area contributed by atoms with E-state index >= 15 is 0 Å². The summed E-state index contributed by atoms with van der Waals surface area (Å²) >= 11 is 0. The van der Waals surface area contributed by atoms with Gasteiger partial charge in [0.1, 0.15) is 11.7 Å².